The standard InChI is InChI=1S/C19H24N2O2/c1-14-10-12-21(13-18(14)22)19(23)20-11-9-16-7-4-6-15-5-2-3-8-17(15)16/h2-8,14,18,22H,9-13H2,1H3,(H,20,23). The fourth-order valence-electron chi connectivity index (χ4n) is 3.16. The average molecular weight is 312 g/mol. The van der Waals surface area contributed by atoms with Gasteiger partial charge in [0.15, 0.2) is 0 Å². The molecule has 2 unspecified atom stereocenters. The molecule has 2 N–H and O–H groups in total. The highest BCUT2D eigenvalue weighted by Crippen LogP contribution is 2.19. The van der Waals surface area contributed by atoms with Crippen molar-refractivity contribution in [3.8, 4) is 0 Å². The molecule has 1 aliphatic heterocycles. The van der Waals surface area contributed by atoms with Crippen LogP contribution in [0.3, 0.4) is 0 Å². The number of fused-ring (bicyclic) bond motifs is 1. The van der Waals surface area contributed by atoms with Gasteiger partial charge in [0.2, 0.25) is 0 Å². The maximum absolute atomic E-state index is 12.2. The topological polar surface area (TPSA) is 52.6 Å². The second-order valence-electron chi connectivity index (χ2n) is 6.40. The molecule has 0 aliphatic carbocycles. The molecule has 0 saturated carbocycles. The summed E-state index contributed by atoms with van der Waals surface area (Å²) in [6.07, 6.45) is 1.25. The van der Waals surface area contributed by atoms with Gasteiger partial charge < -0.3 is 15.3 Å². The van der Waals surface area contributed by atoms with Crippen molar-refractivity contribution in [3.63, 3.8) is 0 Å². The van der Waals surface area contributed by atoms with Gasteiger partial charge in [-0.05, 0) is 35.1 Å². The van der Waals surface area contributed by atoms with Crippen molar-refractivity contribution in [1.82, 2.24) is 10.2 Å². The summed E-state index contributed by atoms with van der Waals surface area (Å²) in [7, 11) is 0. The van der Waals surface area contributed by atoms with Gasteiger partial charge in [0.05, 0.1) is 6.10 Å². The number of likely N-dealkylation sites (tertiary alicyclic amines) is 1. The first-order valence-electron chi connectivity index (χ1n) is 8.32. The van der Waals surface area contributed by atoms with Gasteiger partial charge in [0, 0.05) is 19.6 Å². The molecule has 1 fully saturated rings. The molecular weight excluding hydrogens is 288 g/mol. The van der Waals surface area contributed by atoms with E-state index in [2.05, 4.69) is 35.6 Å². The number of nitrogens with zero attached hydrogens (tertiary/aromatic N) is 1. The smallest absolute Gasteiger partial charge is 0.317 e. The molecule has 0 radical (unpaired) electrons. The Morgan fingerprint density at radius 1 is 1.26 bits per heavy atom. The van der Waals surface area contributed by atoms with Crippen LogP contribution in [-0.2, 0) is 6.42 Å². The molecule has 2 aromatic rings. The van der Waals surface area contributed by atoms with Gasteiger partial charge in [-0.1, -0.05) is 49.4 Å². The first kappa shape index (κ1) is 15.8. The van der Waals surface area contributed by atoms with Gasteiger partial charge in [-0.25, -0.2) is 4.79 Å². The number of β-amino-alcohol motifs (C(OH)–C–C–N with tert-alkyl or cyclic N) is 1. The predicted molar refractivity (Wildman–Crippen MR) is 92.4 cm³/mol. The van der Waals surface area contributed by atoms with E-state index in [4.69, 9.17) is 0 Å². The molecule has 0 aromatic heterocycles. The SMILES string of the molecule is CC1CCN(C(=O)NCCc2cccc3ccccc23)CC1O. The summed E-state index contributed by atoms with van der Waals surface area (Å²) in [6, 6.07) is 14.5. The van der Waals surface area contributed by atoms with E-state index in [9.17, 15) is 9.90 Å². The van der Waals surface area contributed by atoms with Crippen molar-refractivity contribution < 1.29 is 9.90 Å². The number of urea groups is 1. The van der Waals surface area contributed by atoms with Crippen molar-refractivity contribution in [1.29, 1.82) is 0 Å². The number of benzene rings is 2. The summed E-state index contributed by atoms with van der Waals surface area (Å²) in [5.41, 5.74) is 1.25. The Bertz CT molecular complexity index is 681. The second kappa shape index (κ2) is 7.01. The number of hydrogen-bond donors (Lipinski definition) is 2. The minimum Gasteiger partial charge on any atom is -0.391 e. The Morgan fingerprint density at radius 3 is 2.87 bits per heavy atom. The number of rotatable bonds is 3. The lowest BCUT2D eigenvalue weighted by molar-refractivity contribution is 0.0436. The van der Waals surface area contributed by atoms with Gasteiger partial charge in [0.1, 0.15) is 0 Å². The van der Waals surface area contributed by atoms with Crippen LogP contribution in [-0.4, -0.2) is 41.8 Å². The highest BCUT2D eigenvalue weighted by molar-refractivity contribution is 5.85. The van der Waals surface area contributed by atoms with E-state index < -0.39 is 6.10 Å². The zero-order valence-corrected chi connectivity index (χ0v) is 13.5. The van der Waals surface area contributed by atoms with Crippen LogP contribution >= 0.6 is 0 Å². The number of aliphatic hydroxyl groups is 1. The first-order valence-corrected chi connectivity index (χ1v) is 8.32. The zero-order valence-electron chi connectivity index (χ0n) is 13.5. The van der Waals surface area contributed by atoms with E-state index in [1.807, 2.05) is 19.1 Å². The molecule has 3 rings (SSSR count). The van der Waals surface area contributed by atoms with E-state index in [0.717, 1.165) is 19.4 Å². The van der Waals surface area contributed by atoms with Gasteiger partial charge in [0.25, 0.3) is 0 Å². The lowest BCUT2D eigenvalue weighted by Crippen LogP contribution is -2.49. The highest BCUT2D eigenvalue weighted by atomic mass is 16.3. The second-order valence-corrected chi connectivity index (χ2v) is 6.40. The fourth-order valence-corrected chi connectivity index (χ4v) is 3.16. The maximum atomic E-state index is 12.2. The molecule has 2 atom stereocenters. The Morgan fingerprint density at radius 2 is 2.04 bits per heavy atom. The van der Waals surface area contributed by atoms with Crippen molar-refractivity contribution in [2.45, 2.75) is 25.9 Å². The number of piperidine rings is 1. The Hall–Kier alpha value is -2.07. The molecule has 1 saturated heterocycles. The lowest BCUT2D eigenvalue weighted by Gasteiger charge is -2.34. The molecule has 122 valence electrons. The van der Waals surface area contributed by atoms with Crippen molar-refractivity contribution in [2.75, 3.05) is 19.6 Å². The van der Waals surface area contributed by atoms with E-state index in [-0.39, 0.29) is 11.9 Å². The summed E-state index contributed by atoms with van der Waals surface area (Å²) < 4.78 is 0. The lowest BCUT2D eigenvalue weighted by atomic mass is 9.96. The molecule has 0 bridgehead atoms. The Balaban J connectivity index is 1.55. The number of carbonyl (C=O) groups excluding carboxylic acids is 1. The predicted octanol–water partition coefficient (Wildman–Crippen LogP) is 2.79. The molecule has 23 heavy (non-hydrogen) atoms. The van der Waals surface area contributed by atoms with Crippen LogP contribution in [0.5, 0.6) is 0 Å². The van der Waals surface area contributed by atoms with Crippen LogP contribution in [0.4, 0.5) is 4.79 Å². The van der Waals surface area contributed by atoms with Crippen LogP contribution in [0.1, 0.15) is 18.9 Å². The normalized spacial score (nSPS) is 21.4. The van der Waals surface area contributed by atoms with Crippen molar-refractivity contribution in [2.24, 2.45) is 5.92 Å². The number of carbonyl (C=O) groups is 1. The monoisotopic (exact) mass is 312 g/mol. The summed E-state index contributed by atoms with van der Waals surface area (Å²) in [5, 5.41) is 15.3. The molecule has 1 aliphatic rings. The van der Waals surface area contributed by atoms with Gasteiger partial charge in [-0.3, -0.25) is 0 Å². The van der Waals surface area contributed by atoms with E-state index in [1.54, 1.807) is 4.90 Å². The summed E-state index contributed by atoms with van der Waals surface area (Å²) in [6.45, 7) is 3.79. The Labute approximate surface area is 137 Å². The number of nitrogens with one attached hydrogen (secondary N) is 1. The third kappa shape index (κ3) is 3.64. The number of amides is 2. The van der Waals surface area contributed by atoms with Crippen LogP contribution in [0.2, 0.25) is 0 Å². The van der Waals surface area contributed by atoms with Gasteiger partial charge >= 0.3 is 6.03 Å². The summed E-state index contributed by atoms with van der Waals surface area (Å²) in [4.78, 5) is 13.9. The Kier molecular flexibility index (Phi) is 4.82. The summed E-state index contributed by atoms with van der Waals surface area (Å²) >= 11 is 0. The third-order valence-corrected chi connectivity index (χ3v) is 4.76. The summed E-state index contributed by atoms with van der Waals surface area (Å²) in [5.74, 6) is 0.273. The van der Waals surface area contributed by atoms with Crippen molar-refractivity contribution >= 4 is 16.8 Å². The fraction of sp³-hybridized carbons (Fsp3) is 0.421. The minimum absolute atomic E-state index is 0.0730. The quantitative estimate of drug-likeness (QED) is 0.915. The van der Waals surface area contributed by atoms with Gasteiger partial charge in [-0.15, -0.1) is 0 Å². The van der Waals surface area contributed by atoms with Crippen molar-refractivity contribution in [3.05, 3.63) is 48.0 Å². The minimum atomic E-state index is -0.410. The van der Waals surface area contributed by atoms with E-state index in [1.165, 1.54) is 16.3 Å². The van der Waals surface area contributed by atoms with Crippen LogP contribution in [0.25, 0.3) is 10.8 Å². The molecule has 4 heteroatoms. The highest BCUT2D eigenvalue weighted by Gasteiger charge is 2.26. The van der Waals surface area contributed by atoms with Crippen LogP contribution in [0.15, 0.2) is 42.5 Å². The maximum Gasteiger partial charge on any atom is 0.317 e. The first-order chi connectivity index (χ1) is 11.1. The molecule has 0 spiro atoms. The number of aliphatic hydroxyl groups excluding tert-OH is 1. The largest absolute Gasteiger partial charge is 0.391 e. The molecule has 4 nitrogen and oxygen atoms in total. The molecule has 2 amide bonds. The van der Waals surface area contributed by atoms with Crippen LogP contribution in [0, 0.1) is 5.92 Å². The van der Waals surface area contributed by atoms with E-state index in [0.29, 0.717) is 13.1 Å². The molecule has 2 aromatic carbocycles. The zero-order chi connectivity index (χ0) is 16.2. The van der Waals surface area contributed by atoms with E-state index >= 15 is 0 Å². The molecule has 1 heterocycles. The number of hydrogen-bond acceptors (Lipinski definition) is 2. The van der Waals surface area contributed by atoms with Gasteiger partial charge in [-0.2, -0.15) is 0 Å². The van der Waals surface area contributed by atoms with Crippen LogP contribution < -0.4 is 5.32 Å². The third-order valence-electron chi connectivity index (χ3n) is 4.76. The average Bonchev–Trinajstić information content (AvgIpc) is 2.57. The molecular formula is C19H24N2O2.